The molecule has 0 saturated carbocycles. The highest BCUT2D eigenvalue weighted by Gasteiger charge is 2.16. The molecule has 1 aliphatic rings. The van der Waals surface area contributed by atoms with Crippen LogP contribution in [0, 0.1) is 5.92 Å². The third-order valence-electron chi connectivity index (χ3n) is 2.65. The number of hydrogen-bond acceptors (Lipinski definition) is 3. The van der Waals surface area contributed by atoms with Gasteiger partial charge in [0.25, 0.3) is 0 Å². The number of ether oxygens (including phenoxy) is 1. The minimum atomic E-state index is 0.147. The van der Waals surface area contributed by atoms with Crippen molar-refractivity contribution in [1.82, 2.24) is 10.6 Å². The van der Waals surface area contributed by atoms with Gasteiger partial charge < -0.3 is 15.4 Å². The van der Waals surface area contributed by atoms with Crippen LogP contribution in [0.5, 0.6) is 0 Å². The highest BCUT2D eigenvalue weighted by molar-refractivity contribution is 5.76. The topological polar surface area (TPSA) is 50.4 Å². The average molecular weight is 214 g/mol. The second-order valence-corrected chi connectivity index (χ2v) is 4.38. The summed E-state index contributed by atoms with van der Waals surface area (Å²) in [6, 6.07) is 0.320. The van der Waals surface area contributed by atoms with Crippen molar-refractivity contribution in [2.45, 2.75) is 32.2 Å². The van der Waals surface area contributed by atoms with Gasteiger partial charge >= 0.3 is 0 Å². The van der Waals surface area contributed by atoms with E-state index in [0.29, 0.717) is 25.0 Å². The number of nitrogens with one attached hydrogen (secondary N) is 2. The zero-order valence-electron chi connectivity index (χ0n) is 9.71. The van der Waals surface area contributed by atoms with Crippen LogP contribution in [0.1, 0.15) is 26.2 Å². The fraction of sp³-hybridized carbons (Fsp3) is 0.909. The normalized spacial score (nSPS) is 23.5. The molecule has 2 unspecified atom stereocenters. The van der Waals surface area contributed by atoms with Crippen LogP contribution in [0.3, 0.4) is 0 Å². The van der Waals surface area contributed by atoms with Gasteiger partial charge in [0.2, 0.25) is 5.91 Å². The molecule has 1 aliphatic heterocycles. The Labute approximate surface area is 91.8 Å². The summed E-state index contributed by atoms with van der Waals surface area (Å²) < 4.78 is 5.00. The quantitative estimate of drug-likeness (QED) is 0.702. The van der Waals surface area contributed by atoms with Crippen LogP contribution < -0.4 is 10.6 Å². The lowest BCUT2D eigenvalue weighted by Gasteiger charge is -2.24. The molecule has 0 aliphatic carbocycles. The molecule has 0 aromatic carbocycles. The van der Waals surface area contributed by atoms with E-state index in [1.165, 1.54) is 0 Å². The zero-order chi connectivity index (χ0) is 11.1. The molecule has 4 heteroatoms. The molecule has 4 nitrogen and oxygen atoms in total. The molecule has 2 atom stereocenters. The van der Waals surface area contributed by atoms with E-state index in [4.69, 9.17) is 4.74 Å². The molecular formula is C11H22N2O2. The summed E-state index contributed by atoms with van der Waals surface area (Å²) in [7, 11) is 1.67. The molecule has 2 N–H and O–H groups in total. The Morgan fingerprint density at radius 3 is 3.07 bits per heavy atom. The van der Waals surface area contributed by atoms with E-state index in [1.807, 2.05) is 6.92 Å². The molecule has 88 valence electrons. The third kappa shape index (κ3) is 5.14. The smallest absolute Gasteiger partial charge is 0.220 e. The number of rotatable bonds is 5. The summed E-state index contributed by atoms with van der Waals surface area (Å²) in [4.78, 5) is 11.6. The predicted molar refractivity (Wildman–Crippen MR) is 59.7 cm³/mol. The van der Waals surface area contributed by atoms with Gasteiger partial charge in [0.15, 0.2) is 0 Å². The lowest BCUT2D eigenvalue weighted by atomic mass is 10.1. The van der Waals surface area contributed by atoms with Crippen LogP contribution in [-0.4, -0.2) is 38.8 Å². The van der Waals surface area contributed by atoms with Crippen molar-refractivity contribution >= 4 is 5.91 Å². The van der Waals surface area contributed by atoms with Gasteiger partial charge in [0.1, 0.15) is 0 Å². The van der Waals surface area contributed by atoms with Gasteiger partial charge in [-0.25, -0.2) is 0 Å². The second-order valence-electron chi connectivity index (χ2n) is 4.38. The molecule has 0 bridgehead atoms. The van der Waals surface area contributed by atoms with Crippen LogP contribution in [0.25, 0.3) is 0 Å². The third-order valence-corrected chi connectivity index (χ3v) is 2.65. The Morgan fingerprint density at radius 1 is 1.67 bits per heavy atom. The fourth-order valence-corrected chi connectivity index (χ4v) is 1.92. The number of hydrogen-bond donors (Lipinski definition) is 2. The second kappa shape index (κ2) is 6.80. The summed E-state index contributed by atoms with van der Waals surface area (Å²) >= 11 is 0. The first kappa shape index (κ1) is 12.5. The van der Waals surface area contributed by atoms with Crippen molar-refractivity contribution in [3.05, 3.63) is 0 Å². The molecule has 0 aromatic rings. The Bertz CT molecular complexity index is 191. The molecule has 1 rings (SSSR count). The molecule has 1 saturated heterocycles. The summed E-state index contributed by atoms with van der Waals surface area (Å²) in [5.41, 5.74) is 0. The Morgan fingerprint density at radius 2 is 2.47 bits per heavy atom. The molecule has 15 heavy (non-hydrogen) atoms. The van der Waals surface area contributed by atoms with Gasteiger partial charge in [-0.05, 0) is 25.3 Å². The monoisotopic (exact) mass is 214 g/mol. The first-order valence-corrected chi connectivity index (χ1v) is 5.71. The summed E-state index contributed by atoms with van der Waals surface area (Å²) in [5.74, 6) is 0.444. The number of piperidine rings is 1. The van der Waals surface area contributed by atoms with Crippen molar-refractivity contribution < 1.29 is 9.53 Å². The van der Waals surface area contributed by atoms with Crippen LogP contribution in [0.15, 0.2) is 0 Å². The first-order valence-electron chi connectivity index (χ1n) is 5.71. The van der Waals surface area contributed by atoms with Gasteiger partial charge in [0.05, 0.1) is 0 Å². The van der Waals surface area contributed by atoms with Crippen molar-refractivity contribution in [3.8, 4) is 0 Å². The minimum Gasteiger partial charge on any atom is -0.384 e. The van der Waals surface area contributed by atoms with E-state index in [1.54, 1.807) is 7.11 Å². The standard InChI is InChI=1S/C11H22N2O2/c1-9(8-15-2)6-11(14)13-10-4-3-5-12-7-10/h9-10,12H,3-8H2,1-2H3,(H,13,14). The molecule has 0 aromatic heterocycles. The van der Waals surface area contributed by atoms with Gasteiger partial charge in [-0.15, -0.1) is 0 Å². The van der Waals surface area contributed by atoms with E-state index in [2.05, 4.69) is 10.6 Å². The molecule has 0 radical (unpaired) electrons. The van der Waals surface area contributed by atoms with E-state index in [-0.39, 0.29) is 5.91 Å². The molecule has 1 amide bonds. The van der Waals surface area contributed by atoms with Crippen LogP contribution in [0.2, 0.25) is 0 Å². The number of carbonyl (C=O) groups excluding carboxylic acids is 1. The van der Waals surface area contributed by atoms with Crippen molar-refractivity contribution in [2.75, 3.05) is 26.8 Å². The number of methoxy groups -OCH3 is 1. The Kier molecular flexibility index (Phi) is 5.65. The highest BCUT2D eigenvalue weighted by Crippen LogP contribution is 2.05. The minimum absolute atomic E-state index is 0.147. The first-order chi connectivity index (χ1) is 7.22. The average Bonchev–Trinajstić information content (AvgIpc) is 2.19. The summed E-state index contributed by atoms with van der Waals surface area (Å²) in [6.45, 7) is 4.66. The molecule has 0 spiro atoms. The van der Waals surface area contributed by atoms with Gasteiger partial charge in [-0.2, -0.15) is 0 Å². The van der Waals surface area contributed by atoms with Crippen LogP contribution >= 0.6 is 0 Å². The molecule has 1 fully saturated rings. The van der Waals surface area contributed by atoms with E-state index in [9.17, 15) is 4.79 Å². The summed E-state index contributed by atoms with van der Waals surface area (Å²) in [6.07, 6.45) is 2.81. The number of carbonyl (C=O) groups is 1. The largest absolute Gasteiger partial charge is 0.384 e. The zero-order valence-corrected chi connectivity index (χ0v) is 9.71. The fourth-order valence-electron chi connectivity index (χ4n) is 1.92. The molecular weight excluding hydrogens is 192 g/mol. The van der Waals surface area contributed by atoms with Crippen molar-refractivity contribution in [3.63, 3.8) is 0 Å². The maximum atomic E-state index is 11.6. The molecule has 1 heterocycles. The lowest BCUT2D eigenvalue weighted by molar-refractivity contribution is -0.123. The Balaban J connectivity index is 2.16. The lowest BCUT2D eigenvalue weighted by Crippen LogP contribution is -2.46. The van der Waals surface area contributed by atoms with Crippen LogP contribution in [0.4, 0.5) is 0 Å². The Hall–Kier alpha value is -0.610. The van der Waals surface area contributed by atoms with E-state index in [0.717, 1.165) is 25.9 Å². The predicted octanol–water partition coefficient (Wildman–Crippen LogP) is 0.527. The van der Waals surface area contributed by atoms with Crippen molar-refractivity contribution in [2.24, 2.45) is 5.92 Å². The van der Waals surface area contributed by atoms with Gasteiger partial charge in [-0.3, -0.25) is 4.79 Å². The highest BCUT2D eigenvalue weighted by atomic mass is 16.5. The maximum absolute atomic E-state index is 11.6. The maximum Gasteiger partial charge on any atom is 0.220 e. The van der Waals surface area contributed by atoms with Gasteiger partial charge in [-0.1, -0.05) is 6.92 Å². The van der Waals surface area contributed by atoms with Gasteiger partial charge in [0, 0.05) is 32.7 Å². The summed E-state index contributed by atoms with van der Waals surface area (Å²) in [5, 5.41) is 6.33. The SMILES string of the molecule is COCC(C)CC(=O)NC1CCCNC1. The van der Waals surface area contributed by atoms with Crippen LogP contribution in [-0.2, 0) is 9.53 Å². The van der Waals surface area contributed by atoms with E-state index < -0.39 is 0 Å². The number of amides is 1. The van der Waals surface area contributed by atoms with Crippen molar-refractivity contribution in [1.29, 1.82) is 0 Å². The van der Waals surface area contributed by atoms with E-state index >= 15 is 0 Å².